The van der Waals surface area contributed by atoms with Gasteiger partial charge in [0.15, 0.2) is 0 Å². The molecule has 4 aromatic rings. The number of nitrogens with one attached hydrogen (secondary N) is 1. The van der Waals surface area contributed by atoms with Crippen molar-refractivity contribution in [1.29, 1.82) is 0 Å². The van der Waals surface area contributed by atoms with Crippen LogP contribution in [0.5, 0.6) is 0 Å². The Kier molecular flexibility index (Phi) is 4.01. The number of halogens is 1. The molecule has 1 N–H and O–H groups in total. The number of rotatable bonds is 5. The van der Waals surface area contributed by atoms with Crippen LogP contribution in [0.4, 0.5) is 4.39 Å². The van der Waals surface area contributed by atoms with Crippen LogP contribution >= 0.6 is 0 Å². The Bertz CT molecular complexity index is 1080. The van der Waals surface area contributed by atoms with Gasteiger partial charge in [0.25, 0.3) is 0 Å². The minimum Gasteiger partial charge on any atom is -0.379 e. The summed E-state index contributed by atoms with van der Waals surface area (Å²) in [6.07, 6.45) is 5.41. The van der Waals surface area contributed by atoms with Crippen LogP contribution in [0, 0.1) is 5.82 Å². The zero-order chi connectivity index (χ0) is 18.1. The van der Waals surface area contributed by atoms with Crippen LogP contribution in [0.3, 0.4) is 0 Å². The third-order valence-corrected chi connectivity index (χ3v) is 4.41. The minimum absolute atomic E-state index is 0.265. The first-order chi connectivity index (χ1) is 12.6. The van der Waals surface area contributed by atoms with Gasteiger partial charge in [-0.25, -0.2) is 14.1 Å². The van der Waals surface area contributed by atoms with Gasteiger partial charge in [-0.2, -0.15) is 5.10 Å². The molecule has 2 aromatic heterocycles. The molecule has 0 amide bonds. The first kappa shape index (κ1) is 16.1. The molecule has 0 spiro atoms. The van der Waals surface area contributed by atoms with Crippen molar-refractivity contribution in [1.82, 2.24) is 24.6 Å². The third-order valence-electron chi connectivity index (χ3n) is 4.41. The van der Waals surface area contributed by atoms with E-state index in [1.165, 1.54) is 12.1 Å². The molecule has 0 aliphatic rings. The fourth-order valence-corrected chi connectivity index (χ4v) is 2.95. The summed E-state index contributed by atoms with van der Waals surface area (Å²) in [5.41, 5.74) is 4.62. The second-order valence-corrected chi connectivity index (χ2v) is 6.10. The highest BCUT2D eigenvalue weighted by Gasteiger charge is 2.11. The summed E-state index contributed by atoms with van der Waals surface area (Å²) in [6, 6.07) is 12.3. The average Bonchev–Trinajstić information content (AvgIpc) is 3.26. The molecule has 0 bridgehead atoms. The Balaban J connectivity index is 1.65. The number of aryl methyl sites for hydroxylation is 1. The topological polar surface area (TPSA) is 47.7 Å². The van der Waals surface area contributed by atoms with Crippen LogP contribution in [0.15, 0.2) is 67.8 Å². The number of aromatic nitrogens is 4. The fourth-order valence-electron chi connectivity index (χ4n) is 2.95. The highest BCUT2D eigenvalue weighted by molar-refractivity contribution is 5.91. The second-order valence-electron chi connectivity index (χ2n) is 6.10. The van der Waals surface area contributed by atoms with E-state index < -0.39 is 0 Å². The van der Waals surface area contributed by atoms with Crippen molar-refractivity contribution in [2.45, 2.75) is 6.54 Å². The van der Waals surface area contributed by atoms with Gasteiger partial charge in [-0.15, -0.1) is 0 Å². The molecule has 0 aliphatic heterocycles. The van der Waals surface area contributed by atoms with E-state index in [2.05, 4.69) is 22.0 Å². The molecule has 26 heavy (non-hydrogen) atoms. The van der Waals surface area contributed by atoms with Gasteiger partial charge >= 0.3 is 0 Å². The number of imidazole rings is 1. The molecule has 0 saturated carbocycles. The standard InChI is InChI=1S/C20H18FN5/c1-14(23-11-17-10-22-13-25(17)2)18-4-3-5-20-19(18)12-24-26(20)16-8-6-15(21)7-9-16/h3-10,12-13,23H,1,11H2,2H3. The summed E-state index contributed by atoms with van der Waals surface area (Å²) in [5, 5.41) is 8.81. The van der Waals surface area contributed by atoms with Gasteiger partial charge in [0, 0.05) is 29.9 Å². The van der Waals surface area contributed by atoms with E-state index in [9.17, 15) is 4.39 Å². The zero-order valence-electron chi connectivity index (χ0n) is 14.4. The fraction of sp³-hybridized carbons (Fsp3) is 0.100. The summed E-state index contributed by atoms with van der Waals surface area (Å²) < 4.78 is 17.0. The van der Waals surface area contributed by atoms with Crippen molar-refractivity contribution in [3.8, 4) is 5.69 Å². The molecular weight excluding hydrogens is 329 g/mol. The lowest BCUT2D eigenvalue weighted by Gasteiger charge is -2.11. The van der Waals surface area contributed by atoms with Gasteiger partial charge in [-0.05, 0) is 30.3 Å². The lowest BCUT2D eigenvalue weighted by molar-refractivity contribution is 0.627. The number of fused-ring (bicyclic) bond motifs is 1. The van der Waals surface area contributed by atoms with Gasteiger partial charge in [0.05, 0.1) is 36.0 Å². The first-order valence-corrected chi connectivity index (χ1v) is 8.24. The number of benzene rings is 2. The molecule has 4 rings (SSSR count). The van der Waals surface area contributed by atoms with Gasteiger partial charge in [-0.1, -0.05) is 18.7 Å². The van der Waals surface area contributed by atoms with Crippen molar-refractivity contribution in [3.63, 3.8) is 0 Å². The number of hydrogen-bond acceptors (Lipinski definition) is 3. The highest BCUT2D eigenvalue weighted by Crippen LogP contribution is 2.25. The lowest BCUT2D eigenvalue weighted by Crippen LogP contribution is -2.13. The predicted molar refractivity (Wildman–Crippen MR) is 100 cm³/mol. The molecule has 0 saturated heterocycles. The zero-order valence-corrected chi connectivity index (χ0v) is 14.4. The Morgan fingerprint density at radius 1 is 1.15 bits per heavy atom. The average molecular weight is 347 g/mol. The normalized spacial score (nSPS) is 11.0. The van der Waals surface area contributed by atoms with Crippen LogP contribution in [-0.2, 0) is 13.6 Å². The molecule has 5 nitrogen and oxygen atoms in total. The molecule has 0 aliphatic carbocycles. The summed E-state index contributed by atoms with van der Waals surface area (Å²) >= 11 is 0. The van der Waals surface area contributed by atoms with E-state index in [4.69, 9.17) is 0 Å². The van der Waals surface area contributed by atoms with Gasteiger partial charge < -0.3 is 9.88 Å². The quantitative estimate of drug-likeness (QED) is 0.599. The molecule has 0 unspecified atom stereocenters. The molecular formula is C20H18FN5. The van der Waals surface area contributed by atoms with Gasteiger partial charge in [-0.3, -0.25) is 0 Å². The van der Waals surface area contributed by atoms with Crippen molar-refractivity contribution in [2.24, 2.45) is 7.05 Å². The summed E-state index contributed by atoms with van der Waals surface area (Å²) in [4.78, 5) is 4.12. The van der Waals surface area contributed by atoms with E-state index in [1.807, 2.05) is 42.2 Å². The van der Waals surface area contributed by atoms with Crippen LogP contribution in [-0.4, -0.2) is 19.3 Å². The highest BCUT2D eigenvalue weighted by atomic mass is 19.1. The van der Waals surface area contributed by atoms with E-state index in [0.717, 1.165) is 33.5 Å². The smallest absolute Gasteiger partial charge is 0.123 e. The van der Waals surface area contributed by atoms with E-state index in [0.29, 0.717) is 6.54 Å². The Hall–Kier alpha value is -3.41. The maximum atomic E-state index is 13.2. The van der Waals surface area contributed by atoms with Crippen molar-refractivity contribution in [2.75, 3.05) is 0 Å². The molecule has 0 atom stereocenters. The largest absolute Gasteiger partial charge is 0.379 e. The summed E-state index contributed by atoms with van der Waals surface area (Å²) in [7, 11) is 1.96. The van der Waals surface area contributed by atoms with E-state index >= 15 is 0 Å². The van der Waals surface area contributed by atoms with Gasteiger partial charge in [0.1, 0.15) is 5.82 Å². The van der Waals surface area contributed by atoms with Crippen LogP contribution < -0.4 is 5.32 Å². The number of hydrogen-bond donors (Lipinski definition) is 1. The summed E-state index contributed by atoms with van der Waals surface area (Å²) in [5.74, 6) is -0.265. The van der Waals surface area contributed by atoms with E-state index in [1.54, 1.807) is 23.1 Å². The van der Waals surface area contributed by atoms with Crippen molar-refractivity contribution >= 4 is 16.6 Å². The molecule has 2 heterocycles. The molecule has 2 aromatic carbocycles. The Morgan fingerprint density at radius 2 is 1.96 bits per heavy atom. The predicted octanol–water partition coefficient (Wildman–Crippen LogP) is 3.66. The van der Waals surface area contributed by atoms with Crippen LogP contribution in [0.25, 0.3) is 22.3 Å². The van der Waals surface area contributed by atoms with Gasteiger partial charge in [0.2, 0.25) is 0 Å². The first-order valence-electron chi connectivity index (χ1n) is 8.24. The second kappa shape index (κ2) is 6.48. The van der Waals surface area contributed by atoms with Crippen LogP contribution in [0.1, 0.15) is 11.3 Å². The minimum atomic E-state index is -0.265. The monoisotopic (exact) mass is 347 g/mol. The lowest BCUT2D eigenvalue weighted by atomic mass is 10.1. The SMILES string of the molecule is C=C(NCc1cncn1C)c1cccc2c1cnn2-c1ccc(F)cc1. The molecule has 0 radical (unpaired) electrons. The third kappa shape index (κ3) is 2.86. The number of nitrogens with zero attached hydrogens (tertiary/aromatic N) is 4. The van der Waals surface area contributed by atoms with Crippen LogP contribution in [0.2, 0.25) is 0 Å². The van der Waals surface area contributed by atoms with Crippen molar-refractivity contribution in [3.05, 3.63) is 84.8 Å². The van der Waals surface area contributed by atoms with E-state index in [-0.39, 0.29) is 5.82 Å². The molecule has 0 fully saturated rings. The molecule has 6 heteroatoms. The Morgan fingerprint density at radius 3 is 2.69 bits per heavy atom. The Labute approximate surface area is 150 Å². The summed E-state index contributed by atoms with van der Waals surface area (Å²) in [6.45, 7) is 4.81. The van der Waals surface area contributed by atoms with Crippen molar-refractivity contribution < 1.29 is 4.39 Å². The molecule has 130 valence electrons. The maximum Gasteiger partial charge on any atom is 0.123 e. The maximum absolute atomic E-state index is 13.2.